The van der Waals surface area contributed by atoms with E-state index in [1.807, 2.05) is 37.3 Å². The summed E-state index contributed by atoms with van der Waals surface area (Å²) in [7, 11) is 2.94. The first-order chi connectivity index (χ1) is 12.1. The molecule has 0 bridgehead atoms. The number of esters is 1. The monoisotopic (exact) mass is 337 g/mol. The third-order valence-corrected chi connectivity index (χ3v) is 4.31. The predicted molar refractivity (Wildman–Crippen MR) is 95.1 cm³/mol. The molecule has 0 atom stereocenters. The Kier molecular flexibility index (Phi) is 4.57. The molecule has 0 saturated heterocycles. The largest absolute Gasteiger partial charge is 0.497 e. The van der Waals surface area contributed by atoms with Gasteiger partial charge < -0.3 is 9.47 Å². The molecule has 0 spiro atoms. The summed E-state index contributed by atoms with van der Waals surface area (Å²) in [4.78, 5) is 24.9. The molecular formula is C20H19NO4. The second kappa shape index (κ2) is 6.81. The summed E-state index contributed by atoms with van der Waals surface area (Å²) < 4.78 is 11.7. The molecule has 1 aromatic heterocycles. The van der Waals surface area contributed by atoms with Gasteiger partial charge in [-0.05, 0) is 42.8 Å². The lowest BCUT2D eigenvalue weighted by atomic mass is 10.1. The highest BCUT2D eigenvalue weighted by atomic mass is 16.5. The molecule has 5 nitrogen and oxygen atoms in total. The number of carbonyl (C=O) groups is 2. The Morgan fingerprint density at radius 1 is 1.04 bits per heavy atom. The molecule has 0 radical (unpaired) electrons. The van der Waals surface area contributed by atoms with Gasteiger partial charge in [0.1, 0.15) is 5.75 Å². The first-order valence-corrected chi connectivity index (χ1v) is 7.91. The molecule has 25 heavy (non-hydrogen) atoms. The van der Waals surface area contributed by atoms with Gasteiger partial charge in [-0.2, -0.15) is 0 Å². The Morgan fingerprint density at radius 2 is 1.76 bits per heavy atom. The lowest BCUT2D eigenvalue weighted by molar-refractivity contribution is -0.139. The molecule has 2 aromatic carbocycles. The van der Waals surface area contributed by atoms with Crippen LogP contribution in [-0.2, 0) is 16.0 Å². The zero-order chi connectivity index (χ0) is 18.0. The topological polar surface area (TPSA) is 57.5 Å². The van der Waals surface area contributed by atoms with Crippen LogP contribution in [-0.4, -0.2) is 30.7 Å². The minimum atomic E-state index is -0.350. The fourth-order valence-electron chi connectivity index (χ4n) is 3.00. The van der Waals surface area contributed by atoms with Crippen molar-refractivity contribution in [3.05, 3.63) is 65.4 Å². The molecule has 3 aromatic rings. The van der Waals surface area contributed by atoms with Crippen LogP contribution in [0.25, 0.3) is 10.9 Å². The zero-order valence-electron chi connectivity index (χ0n) is 14.4. The van der Waals surface area contributed by atoms with E-state index in [1.54, 1.807) is 29.9 Å². The number of nitrogens with zero attached hydrogens (tertiary/aromatic N) is 1. The zero-order valence-corrected chi connectivity index (χ0v) is 14.4. The van der Waals surface area contributed by atoms with Gasteiger partial charge in [0.15, 0.2) is 0 Å². The summed E-state index contributed by atoms with van der Waals surface area (Å²) in [6.45, 7) is 1.84. The molecule has 0 saturated carbocycles. The SMILES string of the molecule is COC(=O)Cc1c(C)n(C(=O)c2ccccc2)c2ccc(OC)cc12. The van der Waals surface area contributed by atoms with E-state index >= 15 is 0 Å². The van der Waals surface area contributed by atoms with Gasteiger partial charge in [-0.3, -0.25) is 14.2 Å². The Bertz CT molecular complexity index is 941. The van der Waals surface area contributed by atoms with Crippen LogP contribution >= 0.6 is 0 Å². The molecule has 0 aliphatic carbocycles. The highest BCUT2D eigenvalue weighted by Gasteiger charge is 2.22. The maximum atomic E-state index is 13.0. The highest BCUT2D eigenvalue weighted by molar-refractivity contribution is 6.04. The van der Waals surface area contributed by atoms with Gasteiger partial charge in [0, 0.05) is 16.6 Å². The third kappa shape index (κ3) is 3.01. The smallest absolute Gasteiger partial charge is 0.310 e. The first kappa shape index (κ1) is 16.8. The average molecular weight is 337 g/mol. The van der Waals surface area contributed by atoms with Crippen LogP contribution < -0.4 is 4.74 Å². The maximum absolute atomic E-state index is 13.0. The molecule has 1 heterocycles. The van der Waals surface area contributed by atoms with E-state index in [4.69, 9.17) is 9.47 Å². The van der Waals surface area contributed by atoms with Crippen molar-refractivity contribution >= 4 is 22.8 Å². The summed E-state index contributed by atoms with van der Waals surface area (Å²) in [6.07, 6.45) is 0.0983. The number of methoxy groups -OCH3 is 2. The number of carbonyl (C=O) groups excluding carboxylic acids is 2. The lowest BCUT2D eigenvalue weighted by Gasteiger charge is -2.07. The van der Waals surface area contributed by atoms with Crippen molar-refractivity contribution in [1.82, 2.24) is 4.57 Å². The van der Waals surface area contributed by atoms with Gasteiger partial charge in [0.25, 0.3) is 5.91 Å². The molecule has 0 N–H and O–H groups in total. The molecule has 0 aliphatic heterocycles. The Labute approximate surface area is 145 Å². The number of fused-ring (bicyclic) bond motifs is 1. The van der Waals surface area contributed by atoms with E-state index < -0.39 is 0 Å². The quantitative estimate of drug-likeness (QED) is 0.685. The first-order valence-electron chi connectivity index (χ1n) is 7.91. The van der Waals surface area contributed by atoms with Gasteiger partial charge in [-0.1, -0.05) is 18.2 Å². The van der Waals surface area contributed by atoms with E-state index in [-0.39, 0.29) is 18.3 Å². The van der Waals surface area contributed by atoms with Gasteiger partial charge >= 0.3 is 5.97 Å². The van der Waals surface area contributed by atoms with Crippen molar-refractivity contribution in [3.63, 3.8) is 0 Å². The Balaban J connectivity index is 2.23. The minimum absolute atomic E-state index is 0.0983. The van der Waals surface area contributed by atoms with Crippen LogP contribution in [0.1, 0.15) is 21.6 Å². The van der Waals surface area contributed by atoms with Crippen molar-refractivity contribution in [2.75, 3.05) is 14.2 Å². The van der Waals surface area contributed by atoms with E-state index in [1.165, 1.54) is 7.11 Å². The van der Waals surface area contributed by atoms with E-state index in [0.717, 1.165) is 22.2 Å². The molecule has 5 heteroatoms. The van der Waals surface area contributed by atoms with Crippen molar-refractivity contribution in [1.29, 1.82) is 0 Å². The predicted octanol–water partition coefficient (Wildman–Crippen LogP) is 3.36. The van der Waals surface area contributed by atoms with Gasteiger partial charge in [-0.25, -0.2) is 0 Å². The third-order valence-electron chi connectivity index (χ3n) is 4.31. The summed E-state index contributed by atoms with van der Waals surface area (Å²) >= 11 is 0. The van der Waals surface area contributed by atoms with Crippen molar-refractivity contribution in [2.45, 2.75) is 13.3 Å². The maximum Gasteiger partial charge on any atom is 0.310 e. The molecular weight excluding hydrogens is 318 g/mol. The number of hydrogen-bond acceptors (Lipinski definition) is 4. The van der Waals surface area contributed by atoms with Crippen molar-refractivity contribution in [3.8, 4) is 5.75 Å². The number of hydrogen-bond donors (Lipinski definition) is 0. The minimum Gasteiger partial charge on any atom is -0.497 e. The molecule has 0 unspecified atom stereocenters. The number of ether oxygens (including phenoxy) is 2. The second-order valence-corrected chi connectivity index (χ2v) is 5.71. The summed E-state index contributed by atoms with van der Waals surface area (Å²) in [5.41, 5.74) is 2.82. The molecule has 0 fully saturated rings. The van der Waals surface area contributed by atoms with E-state index in [9.17, 15) is 9.59 Å². The van der Waals surface area contributed by atoms with Crippen LogP contribution in [0.3, 0.4) is 0 Å². The number of rotatable bonds is 4. The van der Waals surface area contributed by atoms with E-state index in [0.29, 0.717) is 11.3 Å². The molecule has 128 valence electrons. The molecule has 0 amide bonds. The Hall–Kier alpha value is -3.08. The fraction of sp³-hybridized carbons (Fsp3) is 0.200. The summed E-state index contributed by atoms with van der Waals surface area (Å²) in [5.74, 6) is 0.185. The average Bonchev–Trinajstić information content (AvgIpc) is 2.92. The van der Waals surface area contributed by atoms with Crippen LogP contribution in [0.2, 0.25) is 0 Å². The standard InChI is InChI=1S/C20H19NO4/c1-13-16(12-19(22)25-3)17-11-15(24-2)9-10-18(17)21(13)20(23)14-7-5-4-6-8-14/h4-11H,12H2,1-3H3. The van der Waals surface area contributed by atoms with Crippen molar-refractivity contribution in [2.24, 2.45) is 0 Å². The molecule has 3 rings (SSSR count). The van der Waals surface area contributed by atoms with Crippen LogP contribution in [0.5, 0.6) is 5.75 Å². The van der Waals surface area contributed by atoms with Crippen molar-refractivity contribution < 1.29 is 19.1 Å². The summed E-state index contributed by atoms with van der Waals surface area (Å²) in [5, 5.41) is 0.812. The fourth-order valence-corrected chi connectivity index (χ4v) is 3.00. The summed E-state index contributed by atoms with van der Waals surface area (Å²) in [6, 6.07) is 14.6. The van der Waals surface area contributed by atoms with Crippen LogP contribution in [0.15, 0.2) is 48.5 Å². The normalized spacial score (nSPS) is 10.7. The van der Waals surface area contributed by atoms with Crippen LogP contribution in [0, 0.1) is 6.92 Å². The van der Waals surface area contributed by atoms with Crippen LogP contribution in [0.4, 0.5) is 0 Å². The number of benzene rings is 2. The van der Waals surface area contributed by atoms with Gasteiger partial charge in [0.2, 0.25) is 0 Å². The van der Waals surface area contributed by atoms with Gasteiger partial charge in [-0.15, -0.1) is 0 Å². The van der Waals surface area contributed by atoms with Gasteiger partial charge in [0.05, 0.1) is 26.2 Å². The lowest BCUT2D eigenvalue weighted by Crippen LogP contribution is -2.14. The number of aromatic nitrogens is 1. The Morgan fingerprint density at radius 3 is 2.40 bits per heavy atom. The van der Waals surface area contributed by atoms with E-state index in [2.05, 4.69) is 0 Å². The molecule has 0 aliphatic rings. The highest BCUT2D eigenvalue weighted by Crippen LogP contribution is 2.30. The second-order valence-electron chi connectivity index (χ2n) is 5.71.